The lowest BCUT2D eigenvalue weighted by atomic mass is 10.1. The van der Waals surface area contributed by atoms with Crippen LogP contribution >= 0.6 is 11.6 Å². The molecule has 32 heavy (non-hydrogen) atoms. The van der Waals surface area contributed by atoms with Crippen molar-refractivity contribution in [3.8, 4) is 5.75 Å². The first kappa shape index (κ1) is 22.8. The quantitative estimate of drug-likeness (QED) is 0.221. The number of hydrogen-bond acceptors (Lipinski definition) is 7. The second kappa shape index (κ2) is 9.48. The van der Waals surface area contributed by atoms with Crippen molar-refractivity contribution in [2.75, 3.05) is 11.6 Å². The summed E-state index contributed by atoms with van der Waals surface area (Å²) in [5, 5.41) is 12.5. The number of nitro groups is 1. The number of carbonyl (C=O) groups excluding carboxylic acids is 3. The van der Waals surface area contributed by atoms with Crippen molar-refractivity contribution in [3.05, 3.63) is 68.7 Å². The maximum Gasteiger partial charge on any atom is 0.347 e. The van der Waals surface area contributed by atoms with Gasteiger partial charge in [0.2, 0.25) is 5.75 Å². The van der Waals surface area contributed by atoms with Crippen LogP contribution in [0.5, 0.6) is 5.75 Å². The van der Waals surface area contributed by atoms with Gasteiger partial charge in [0, 0.05) is 6.07 Å². The van der Waals surface area contributed by atoms with Gasteiger partial charge >= 0.3 is 11.7 Å². The first-order valence-electron chi connectivity index (χ1n) is 9.46. The van der Waals surface area contributed by atoms with Crippen molar-refractivity contribution in [3.63, 3.8) is 0 Å². The van der Waals surface area contributed by atoms with Gasteiger partial charge in [-0.3, -0.25) is 25.1 Å². The van der Waals surface area contributed by atoms with Crippen molar-refractivity contribution in [1.82, 2.24) is 5.43 Å². The number of ether oxygens (including phenoxy) is 2. The Morgan fingerprint density at radius 2 is 1.97 bits per heavy atom. The minimum Gasteiger partial charge on any atom is -0.471 e. The van der Waals surface area contributed by atoms with E-state index in [0.29, 0.717) is 5.69 Å². The van der Waals surface area contributed by atoms with E-state index in [1.54, 1.807) is 37.3 Å². The largest absolute Gasteiger partial charge is 0.471 e. The lowest BCUT2D eigenvalue weighted by Crippen LogP contribution is -2.35. The monoisotopic (exact) mass is 459 g/mol. The van der Waals surface area contributed by atoms with Crippen molar-refractivity contribution in [2.45, 2.75) is 20.0 Å². The molecule has 1 N–H and O–H groups in total. The molecule has 0 radical (unpaired) electrons. The Hall–Kier alpha value is -3.92. The molecule has 11 heteroatoms. The van der Waals surface area contributed by atoms with Crippen LogP contribution in [0.4, 0.5) is 11.4 Å². The molecule has 2 aromatic rings. The Bertz CT molecular complexity index is 1120. The first-order chi connectivity index (χ1) is 15.2. The number of nitrogens with zero attached hydrogens (tertiary/aromatic N) is 2. The third-order valence-corrected chi connectivity index (χ3v) is 4.65. The zero-order valence-corrected chi connectivity index (χ0v) is 17.8. The molecule has 0 unspecified atom stereocenters. The van der Waals surface area contributed by atoms with Crippen LogP contribution in [-0.2, 0) is 19.1 Å². The number of benzene rings is 2. The molecule has 1 aliphatic rings. The van der Waals surface area contributed by atoms with Crippen molar-refractivity contribution in [1.29, 1.82) is 0 Å². The van der Waals surface area contributed by atoms with E-state index in [-0.39, 0.29) is 28.5 Å². The normalized spacial score (nSPS) is 15.5. The molecule has 1 heterocycles. The highest BCUT2D eigenvalue weighted by molar-refractivity contribution is 6.33. The molecule has 0 bridgehead atoms. The fourth-order valence-electron chi connectivity index (χ4n) is 2.90. The Balaban J connectivity index is 1.94. The molecule has 0 aromatic heterocycles. The summed E-state index contributed by atoms with van der Waals surface area (Å²) in [5.74, 6) is -2.34. The predicted octanol–water partition coefficient (Wildman–Crippen LogP) is 3.04. The molecular weight excluding hydrogens is 442 g/mol. The van der Waals surface area contributed by atoms with Gasteiger partial charge in [-0.15, -0.1) is 0 Å². The Morgan fingerprint density at radius 3 is 2.59 bits per heavy atom. The van der Waals surface area contributed by atoms with Crippen molar-refractivity contribution >= 4 is 46.8 Å². The molecular formula is C21H18ClN3O7. The minimum atomic E-state index is -1.14. The van der Waals surface area contributed by atoms with E-state index < -0.39 is 34.5 Å². The van der Waals surface area contributed by atoms with Crippen molar-refractivity contribution < 1.29 is 28.8 Å². The van der Waals surface area contributed by atoms with Gasteiger partial charge in [-0.05, 0) is 43.7 Å². The Labute approximate surface area is 187 Å². The molecule has 1 saturated heterocycles. The van der Waals surface area contributed by atoms with E-state index in [9.17, 15) is 24.5 Å². The Morgan fingerprint density at radius 1 is 1.28 bits per heavy atom. The second-order valence-corrected chi connectivity index (χ2v) is 7.00. The predicted molar refractivity (Wildman–Crippen MR) is 115 cm³/mol. The van der Waals surface area contributed by atoms with Gasteiger partial charge < -0.3 is 9.47 Å². The van der Waals surface area contributed by atoms with Gasteiger partial charge in [0.15, 0.2) is 6.10 Å². The van der Waals surface area contributed by atoms with Crippen LogP contribution in [0.2, 0.25) is 5.02 Å². The first-order valence-corrected chi connectivity index (χ1v) is 9.84. The molecule has 2 aromatic carbocycles. The summed E-state index contributed by atoms with van der Waals surface area (Å²) in [6.07, 6.45) is 0.0508. The topological polar surface area (TPSA) is 128 Å². The third-order valence-electron chi connectivity index (χ3n) is 4.37. The zero-order chi connectivity index (χ0) is 23.4. The number of amides is 2. The minimum absolute atomic E-state index is 0.116. The van der Waals surface area contributed by atoms with E-state index in [4.69, 9.17) is 21.1 Å². The van der Waals surface area contributed by atoms with E-state index in [1.807, 2.05) is 0 Å². The molecule has 10 nitrogen and oxygen atoms in total. The van der Waals surface area contributed by atoms with E-state index in [1.165, 1.54) is 19.1 Å². The lowest BCUT2D eigenvalue weighted by Gasteiger charge is -2.15. The summed E-state index contributed by atoms with van der Waals surface area (Å²) in [6.45, 7) is 3.10. The van der Waals surface area contributed by atoms with Crippen LogP contribution in [0.15, 0.2) is 48.0 Å². The van der Waals surface area contributed by atoms with Crippen LogP contribution in [0, 0.1) is 10.1 Å². The standard InChI is InChI=1S/C21H18ClN3O7/c1-3-31-21(28)12(2)32-18-16(22)10-13(11-17(18)25(29)30)9-15-19(26)23-24(20(15)27)14-7-5-4-6-8-14/h4-12H,3H2,1-2H3,(H,23,26)/b15-9-/t12-/m1/s1. The van der Waals surface area contributed by atoms with Gasteiger partial charge in [0.05, 0.1) is 22.2 Å². The number of hydrogen-bond donors (Lipinski definition) is 1. The van der Waals surface area contributed by atoms with Crippen LogP contribution in [0.25, 0.3) is 6.08 Å². The smallest absolute Gasteiger partial charge is 0.347 e. The molecule has 0 saturated carbocycles. The molecule has 1 aliphatic heterocycles. The van der Waals surface area contributed by atoms with E-state index in [0.717, 1.165) is 11.1 Å². The summed E-state index contributed by atoms with van der Waals surface area (Å²) in [5.41, 5.74) is 2.26. The van der Waals surface area contributed by atoms with Gasteiger partial charge in [-0.1, -0.05) is 29.8 Å². The number of halogens is 1. The van der Waals surface area contributed by atoms with E-state index in [2.05, 4.69) is 5.43 Å². The zero-order valence-electron chi connectivity index (χ0n) is 17.0. The molecule has 0 aliphatic carbocycles. The maximum atomic E-state index is 12.7. The molecule has 0 spiro atoms. The van der Waals surface area contributed by atoms with Crippen LogP contribution in [-0.4, -0.2) is 35.4 Å². The molecule has 2 amide bonds. The highest BCUT2D eigenvalue weighted by atomic mass is 35.5. The number of nitrogens with one attached hydrogen (secondary N) is 1. The number of anilines is 1. The van der Waals surface area contributed by atoms with Crippen LogP contribution in [0.3, 0.4) is 0 Å². The summed E-state index contributed by atoms with van der Waals surface area (Å²) < 4.78 is 10.2. The molecule has 166 valence electrons. The average molecular weight is 460 g/mol. The number of hydrazine groups is 1. The van der Waals surface area contributed by atoms with Gasteiger partial charge in [-0.2, -0.15) is 0 Å². The van der Waals surface area contributed by atoms with Crippen LogP contribution < -0.4 is 15.2 Å². The van der Waals surface area contributed by atoms with E-state index >= 15 is 0 Å². The highest BCUT2D eigenvalue weighted by Crippen LogP contribution is 2.38. The Kier molecular flexibility index (Phi) is 6.74. The highest BCUT2D eigenvalue weighted by Gasteiger charge is 2.35. The number of carbonyl (C=O) groups is 3. The number of esters is 1. The third kappa shape index (κ3) is 4.70. The SMILES string of the molecule is CCOC(=O)[C@@H](C)Oc1c(Cl)cc(/C=C2/C(=O)NN(c3ccccc3)C2=O)cc1[N+](=O)[O-]. The molecule has 1 atom stereocenters. The van der Waals surface area contributed by atoms with Crippen molar-refractivity contribution in [2.24, 2.45) is 0 Å². The maximum absolute atomic E-state index is 12.7. The summed E-state index contributed by atoms with van der Waals surface area (Å²) in [6, 6.07) is 10.8. The lowest BCUT2D eigenvalue weighted by molar-refractivity contribution is -0.386. The van der Waals surface area contributed by atoms with Gasteiger partial charge in [-0.25, -0.2) is 9.80 Å². The molecule has 1 fully saturated rings. The average Bonchev–Trinajstić information content (AvgIpc) is 3.04. The number of rotatable bonds is 7. The summed E-state index contributed by atoms with van der Waals surface area (Å²) in [4.78, 5) is 47.7. The van der Waals surface area contributed by atoms with Gasteiger partial charge in [0.1, 0.15) is 5.57 Å². The van der Waals surface area contributed by atoms with Gasteiger partial charge in [0.25, 0.3) is 11.8 Å². The fourth-order valence-corrected chi connectivity index (χ4v) is 3.17. The molecule has 3 rings (SSSR count). The summed E-state index contributed by atoms with van der Waals surface area (Å²) in [7, 11) is 0. The number of para-hydroxylation sites is 1. The fraction of sp³-hybridized carbons (Fsp3) is 0.190. The summed E-state index contributed by atoms with van der Waals surface area (Å²) >= 11 is 6.18. The number of nitro benzene ring substituents is 1. The van der Waals surface area contributed by atoms with Crippen LogP contribution in [0.1, 0.15) is 19.4 Å². The second-order valence-electron chi connectivity index (χ2n) is 6.60.